The van der Waals surface area contributed by atoms with E-state index in [0.29, 0.717) is 30.8 Å². The summed E-state index contributed by atoms with van der Waals surface area (Å²) in [4.78, 5) is 15.1. The molecule has 5 rings (SSSR count). The van der Waals surface area contributed by atoms with Crippen molar-refractivity contribution < 1.29 is 14.3 Å². The van der Waals surface area contributed by atoms with Crippen molar-refractivity contribution in [2.24, 2.45) is 11.8 Å². The molecule has 5 fully saturated rings. The number of carbonyl (C=O) groups is 1. The van der Waals surface area contributed by atoms with Gasteiger partial charge in [-0.05, 0) is 50.0 Å². The quantitative estimate of drug-likeness (QED) is 0.748. The summed E-state index contributed by atoms with van der Waals surface area (Å²) in [6, 6.07) is 0.478. The molecule has 5 heteroatoms. The number of nitrogens with zero attached hydrogens (tertiary/aromatic N) is 1. The Balaban J connectivity index is 1.32. The van der Waals surface area contributed by atoms with Crippen LogP contribution in [0.5, 0.6) is 0 Å². The summed E-state index contributed by atoms with van der Waals surface area (Å²) in [5, 5.41) is 3.33. The van der Waals surface area contributed by atoms with Gasteiger partial charge in [-0.3, -0.25) is 9.69 Å². The van der Waals surface area contributed by atoms with E-state index in [-0.39, 0.29) is 18.2 Å². The Kier molecular flexibility index (Phi) is 3.91. The largest absolute Gasteiger partial charge is 0.349 e. The lowest BCUT2D eigenvalue weighted by atomic mass is 9.81. The lowest BCUT2D eigenvalue weighted by Gasteiger charge is -2.45. The molecule has 3 aliphatic heterocycles. The lowest BCUT2D eigenvalue weighted by molar-refractivity contribution is -0.135. The number of rotatable bonds is 1. The van der Waals surface area contributed by atoms with Crippen LogP contribution in [0.1, 0.15) is 51.4 Å². The average Bonchev–Trinajstić information content (AvgIpc) is 3.22. The lowest BCUT2D eigenvalue weighted by Crippen LogP contribution is -2.61. The van der Waals surface area contributed by atoms with Crippen LogP contribution in [-0.4, -0.2) is 48.6 Å². The van der Waals surface area contributed by atoms with Gasteiger partial charge in [0.15, 0.2) is 0 Å². The third kappa shape index (κ3) is 2.52. The van der Waals surface area contributed by atoms with Gasteiger partial charge >= 0.3 is 0 Å². The zero-order chi connectivity index (χ0) is 16.1. The summed E-state index contributed by atoms with van der Waals surface area (Å²) in [6.07, 6.45) is 12.4. The fourth-order valence-electron chi connectivity index (χ4n) is 5.67. The molecule has 3 saturated heterocycles. The third-order valence-electron chi connectivity index (χ3n) is 6.90. The molecule has 2 aliphatic carbocycles. The third-order valence-corrected chi connectivity index (χ3v) is 6.90. The Labute approximate surface area is 143 Å². The van der Waals surface area contributed by atoms with Crippen molar-refractivity contribution in [3.63, 3.8) is 0 Å². The van der Waals surface area contributed by atoms with Crippen molar-refractivity contribution in [3.8, 4) is 0 Å². The van der Waals surface area contributed by atoms with Crippen LogP contribution in [0.4, 0.5) is 0 Å². The van der Waals surface area contributed by atoms with Gasteiger partial charge in [-0.2, -0.15) is 0 Å². The molecular formula is C19H28N2O3. The van der Waals surface area contributed by atoms with Gasteiger partial charge in [0.25, 0.3) is 0 Å². The Hall–Kier alpha value is -0.910. The van der Waals surface area contributed by atoms with E-state index in [1.165, 1.54) is 31.3 Å². The smallest absolute Gasteiger partial charge is 0.226 e. The number of ether oxygens (including phenoxy) is 2. The van der Waals surface area contributed by atoms with Crippen LogP contribution in [0.15, 0.2) is 11.6 Å². The highest BCUT2D eigenvalue weighted by atomic mass is 16.7. The number of allylic oxidation sites excluding steroid dienone is 1. The van der Waals surface area contributed by atoms with Crippen LogP contribution in [0.3, 0.4) is 0 Å². The van der Waals surface area contributed by atoms with E-state index in [4.69, 9.17) is 9.47 Å². The SMILES string of the molecule is O=C1NC2/C(=C/C3CCC4OCOC4C3)CCN2C2CCCCC12. The molecule has 5 aliphatic rings. The summed E-state index contributed by atoms with van der Waals surface area (Å²) in [6.45, 7) is 1.57. The molecule has 0 aromatic rings. The fraction of sp³-hybridized carbons (Fsp3) is 0.842. The first-order valence-corrected chi connectivity index (χ1v) is 9.79. The topological polar surface area (TPSA) is 50.8 Å². The molecule has 0 bridgehead atoms. The highest BCUT2D eigenvalue weighted by Crippen LogP contribution is 2.40. The maximum absolute atomic E-state index is 12.6. The van der Waals surface area contributed by atoms with Crippen molar-refractivity contribution in [2.45, 2.75) is 75.8 Å². The van der Waals surface area contributed by atoms with E-state index in [0.717, 1.165) is 32.2 Å². The van der Waals surface area contributed by atoms with Gasteiger partial charge in [0.1, 0.15) is 13.0 Å². The van der Waals surface area contributed by atoms with Gasteiger partial charge in [0, 0.05) is 12.6 Å². The summed E-state index contributed by atoms with van der Waals surface area (Å²) in [5.74, 6) is 1.10. The fourth-order valence-corrected chi connectivity index (χ4v) is 5.67. The molecule has 132 valence electrons. The van der Waals surface area contributed by atoms with E-state index in [1.807, 2.05) is 0 Å². The summed E-state index contributed by atoms with van der Waals surface area (Å²) in [5.41, 5.74) is 1.44. The van der Waals surface area contributed by atoms with Crippen LogP contribution < -0.4 is 5.32 Å². The molecule has 1 N–H and O–H groups in total. The molecule has 2 saturated carbocycles. The van der Waals surface area contributed by atoms with Crippen LogP contribution in [0.25, 0.3) is 0 Å². The van der Waals surface area contributed by atoms with Crippen molar-refractivity contribution in [3.05, 3.63) is 11.6 Å². The molecule has 0 radical (unpaired) electrons. The van der Waals surface area contributed by atoms with Crippen LogP contribution in [0, 0.1) is 11.8 Å². The zero-order valence-corrected chi connectivity index (χ0v) is 14.3. The molecule has 6 unspecified atom stereocenters. The van der Waals surface area contributed by atoms with Crippen molar-refractivity contribution in [2.75, 3.05) is 13.3 Å². The van der Waals surface area contributed by atoms with Gasteiger partial charge < -0.3 is 14.8 Å². The van der Waals surface area contributed by atoms with E-state index in [9.17, 15) is 4.79 Å². The Bertz CT molecular complexity index is 549. The number of hydrogen-bond donors (Lipinski definition) is 1. The van der Waals surface area contributed by atoms with Gasteiger partial charge in [-0.15, -0.1) is 0 Å². The van der Waals surface area contributed by atoms with E-state index < -0.39 is 0 Å². The normalized spacial score (nSPS) is 47.2. The Morgan fingerprint density at radius 1 is 1.08 bits per heavy atom. The molecule has 1 amide bonds. The summed E-state index contributed by atoms with van der Waals surface area (Å²) in [7, 11) is 0. The maximum Gasteiger partial charge on any atom is 0.226 e. The number of amides is 1. The molecular weight excluding hydrogens is 304 g/mol. The van der Waals surface area contributed by atoms with Gasteiger partial charge in [-0.1, -0.05) is 18.9 Å². The molecule has 24 heavy (non-hydrogen) atoms. The van der Waals surface area contributed by atoms with Crippen molar-refractivity contribution in [1.82, 2.24) is 10.2 Å². The molecule has 0 spiro atoms. The predicted molar refractivity (Wildman–Crippen MR) is 89.0 cm³/mol. The van der Waals surface area contributed by atoms with Crippen LogP contribution in [0.2, 0.25) is 0 Å². The first-order chi connectivity index (χ1) is 11.8. The number of hydrogen-bond acceptors (Lipinski definition) is 4. The van der Waals surface area contributed by atoms with E-state index in [1.54, 1.807) is 0 Å². The maximum atomic E-state index is 12.6. The Morgan fingerprint density at radius 2 is 1.96 bits per heavy atom. The average molecular weight is 332 g/mol. The molecule has 6 atom stereocenters. The second-order valence-corrected chi connectivity index (χ2v) is 8.20. The standard InChI is InChI=1S/C19H28N2O3/c22-19-14-3-1-2-4-15(14)21-8-7-13(18(21)20-19)9-12-5-6-16-17(10-12)24-11-23-16/h9,12,14-18H,1-8,10-11H2,(H,20,22)/b13-9+. The first-order valence-electron chi connectivity index (χ1n) is 9.79. The van der Waals surface area contributed by atoms with Gasteiger partial charge in [-0.25, -0.2) is 0 Å². The minimum Gasteiger partial charge on any atom is -0.349 e. The highest BCUT2D eigenvalue weighted by Gasteiger charge is 2.46. The predicted octanol–water partition coefficient (Wildman–Crippen LogP) is 2.17. The number of nitrogens with one attached hydrogen (secondary N) is 1. The summed E-state index contributed by atoms with van der Waals surface area (Å²) >= 11 is 0. The second-order valence-electron chi connectivity index (χ2n) is 8.20. The number of fused-ring (bicyclic) bond motifs is 4. The van der Waals surface area contributed by atoms with Crippen molar-refractivity contribution in [1.29, 1.82) is 0 Å². The molecule has 0 aromatic carbocycles. The minimum absolute atomic E-state index is 0.162. The van der Waals surface area contributed by atoms with Gasteiger partial charge in [0.2, 0.25) is 5.91 Å². The minimum atomic E-state index is 0.162. The van der Waals surface area contributed by atoms with Crippen LogP contribution in [-0.2, 0) is 14.3 Å². The molecule has 5 nitrogen and oxygen atoms in total. The molecule has 3 heterocycles. The van der Waals surface area contributed by atoms with E-state index in [2.05, 4.69) is 16.3 Å². The first kappa shape index (κ1) is 15.4. The van der Waals surface area contributed by atoms with Crippen LogP contribution >= 0.6 is 0 Å². The van der Waals surface area contributed by atoms with Gasteiger partial charge in [0.05, 0.1) is 18.1 Å². The van der Waals surface area contributed by atoms with Crippen molar-refractivity contribution >= 4 is 5.91 Å². The van der Waals surface area contributed by atoms with E-state index >= 15 is 0 Å². The monoisotopic (exact) mass is 332 g/mol. The Morgan fingerprint density at radius 3 is 2.92 bits per heavy atom. The summed E-state index contributed by atoms with van der Waals surface area (Å²) < 4.78 is 11.3. The molecule has 0 aromatic heterocycles. The number of carbonyl (C=O) groups excluding carboxylic acids is 1. The second kappa shape index (κ2) is 6.11. The highest BCUT2D eigenvalue weighted by molar-refractivity contribution is 5.81. The zero-order valence-electron chi connectivity index (χ0n) is 14.3.